The summed E-state index contributed by atoms with van der Waals surface area (Å²) in [5.41, 5.74) is 4.44. The van der Waals surface area contributed by atoms with Crippen molar-refractivity contribution >= 4 is 22.9 Å². The number of rotatable bonds is 13. The van der Waals surface area contributed by atoms with E-state index in [1.54, 1.807) is 21.3 Å². The van der Waals surface area contributed by atoms with E-state index >= 15 is 0 Å². The van der Waals surface area contributed by atoms with Gasteiger partial charge >= 0.3 is 0 Å². The van der Waals surface area contributed by atoms with E-state index in [9.17, 15) is 9.18 Å². The standard InChI is InChI=1S/C41H46FN5O4/c1-49-36-25-30(26-37(50-2)38(36)51-3)27-46-24-20-41(39(46)48,31-9-5-4-6-10-31)19-23-45-21-17-33(18-22-45)43-40-44-34-11-7-8-12-35(34)47(40)28-29-13-15-32(42)16-14-29/h4-16,25-26,33H,17-24,27-28H2,1-3H3,(H,43,44). The summed E-state index contributed by atoms with van der Waals surface area (Å²) in [6, 6.07) is 29.2. The Morgan fingerprint density at radius 1 is 0.824 bits per heavy atom. The molecule has 2 saturated heterocycles. The largest absolute Gasteiger partial charge is 0.493 e. The number of carbonyl (C=O) groups is 1. The maximum atomic E-state index is 14.4. The van der Waals surface area contributed by atoms with Crippen LogP contribution in [0.25, 0.3) is 11.0 Å². The number of amides is 1. The van der Waals surface area contributed by atoms with Crippen LogP contribution in [-0.2, 0) is 23.3 Å². The first-order chi connectivity index (χ1) is 24.9. The first-order valence-electron chi connectivity index (χ1n) is 17.7. The molecular weight excluding hydrogens is 645 g/mol. The molecule has 0 spiro atoms. The van der Waals surface area contributed by atoms with E-state index in [-0.39, 0.29) is 17.8 Å². The Bertz CT molecular complexity index is 1930. The van der Waals surface area contributed by atoms with Gasteiger partial charge < -0.3 is 33.9 Å². The van der Waals surface area contributed by atoms with Crippen molar-refractivity contribution < 1.29 is 23.4 Å². The van der Waals surface area contributed by atoms with Crippen LogP contribution in [0.15, 0.2) is 91.0 Å². The van der Waals surface area contributed by atoms with Crippen molar-refractivity contribution in [2.75, 3.05) is 52.8 Å². The van der Waals surface area contributed by atoms with Crippen LogP contribution in [0.1, 0.15) is 42.4 Å². The molecule has 9 nitrogen and oxygen atoms in total. The number of nitrogens with one attached hydrogen (secondary N) is 1. The minimum atomic E-state index is -0.581. The van der Waals surface area contributed by atoms with Gasteiger partial charge in [0.05, 0.1) is 44.3 Å². The average Bonchev–Trinajstić information content (AvgIpc) is 3.68. The molecule has 0 bridgehead atoms. The summed E-state index contributed by atoms with van der Waals surface area (Å²) in [6.07, 6.45) is 3.47. The van der Waals surface area contributed by atoms with E-state index in [1.807, 2.05) is 65.6 Å². The maximum absolute atomic E-state index is 14.4. The number of likely N-dealkylation sites (tertiary alicyclic amines) is 2. The predicted molar refractivity (Wildman–Crippen MR) is 197 cm³/mol. The number of aromatic nitrogens is 2. The van der Waals surface area contributed by atoms with Crippen molar-refractivity contribution in [3.05, 3.63) is 114 Å². The summed E-state index contributed by atoms with van der Waals surface area (Å²) in [6.45, 7) is 4.46. The molecule has 1 aromatic heterocycles. The molecule has 3 heterocycles. The van der Waals surface area contributed by atoms with Crippen LogP contribution < -0.4 is 19.5 Å². The fraction of sp³-hybridized carbons (Fsp3) is 0.366. The third kappa shape index (κ3) is 7.10. The van der Waals surface area contributed by atoms with Gasteiger partial charge in [0.2, 0.25) is 17.6 Å². The number of methoxy groups -OCH3 is 3. The highest BCUT2D eigenvalue weighted by Crippen LogP contribution is 2.42. The number of halogens is 1. The van der Waals surface area contributed by atoms with Crippen molar-refractivity contribution in [2.45, 2.75) is 50.2 Å². The molecule has 10 heteroatoms. The number of fused-ring (bicyclic) bond motifs is 1. The molecule has 1 atom stereocenters. The topological polar surface area (TPSA) is 81.1 Å². The predicted octanol–water partition coefficient (Wildman–Crippen LogP) is 6.89. The molecule has 1 unspecified atom stereocenters. The Hall–Kier alpha value is -5.09. The highest BCUT2D eigenvalue weighted by molar-refractivity contribution is 5.90. The number of carbonyl (C=O) groups excluding carboxylic acids is 1. The van der Waals surface area contributed by atoms with Crippen LogP contribution in [0, 0.1) is 5.82 Å². The van der Waals surface area contributed by atoms with E-state index < -0.39 is 5.41 Å². The van der Waals surface area contributed by atoms with Gasteiger partial charge in [-0.15, -0.1) is 0 Å². The lowest BCUT2D eigenvalue weighted by Crippen LogP contribution is -2.44. The molecule has 7 rings (SSSR count). The molecule has 0 aliphatic carbocycles. The normalized spacial score (nSPS) is 18.4. The second-order valence-electron chi connectivity index (χ2n) is 13.6. The number of para-hydroxylation sites is 2. The van der Waals surface area contributed by atoms with Crippen LogP contribution in [0.4, 0.5) is 10.3 Å². The van der Waals surface area contributed by atoms with Gasteiger partial charge in [-0.1, -0.05) is 54.6 Å². The highest BCUT2D eigenvalue weighted by Gasteiger charge is 2.47. The van der Waals surface area contributed by atoms with Crippen molar-refractivity contribution in [3.63, 3.8) is 0 Å². The first kappa shape index (κ1) is 34.4. The SMILES string of the molecule is COc1cc(CN2CCC(CCN3CCC(Nc4nc5ccccc5n4Cc4ccc(F)cc4)CC3)(c3ccccc3)C2=O)cc(OC)c1OC. The van der Waals surface area contributed by atoms with Crippen molar-refractivity contribution in [2.24, 2.45) is 0 Å². The zero-order valence-corrected chi connectivity index (χ0v) is 29.6. The Labute approximate surface area is 298 Å². The molecule has 266 valence electrons. The smallest absolute Gasteiger partial charge is 0.233 e. The van der Waals surface area contributed by atoms with Gasteiger partial charge in [-0.05, 0) is 85.3 Å². The lowest BCUT2D eigenvalue weighted by Gasteiger charge is -2.36. The van der Waals surface area contributed by atoms with Gasteiger partial charge in [0.15, 0.2) is 11.5 Å². The van der Waals surface area contributed by atoms with Gasteiger partial charge in [0.25, 0.3) is 0 Å². The van der Waals surface area contributed by atoms with Gasteiger partial charge in [-0.25, -0.2) is 9.37 Å². The maximum Gasteiger partial charge on any atom is 0.233 e. The molecule has 2 fully saturated rings. The number of piperidine rings is 1. The minimum absolute atomic E-state index is 0.166. The lowest BCUT2D eigenvalue weighted by molar-refractivity contribution is -0.133. The monoisotopic (exact) mass is 691 g/mol. The number of nitrogens with zero attached hydrogens (tertiary/aromatic N) is 4. The van der Waals surface area contributed by atoms with Crippen LogP contribution in [0.3, 0.4) is 0 Å². The summed E-state index contributed by atoms with van der Waals surface area (Å²) >= 11 is 0. The molecule has 2 aliphatic rings. The molecule has 1 amide bonds. The zero-order chi connectivity index (χ0) is 35.4. The minimum Gasteiger partial charge on any atom is -0.493 e. The number of imidazole rings is 1. The third-order valence-electron chi connectivity index (χ3n) is 10.6. The summed E-state index contributed by atoms with van der Waals surface area (Å²) in [4.78, 5) is 23.8. The van der Waals surface area contributed by atoms with E-state index in [1.165, 1.54) is 12.1 Å². The molecule has 51 heavy (non-hydrogen) atoms. The van der Waals surface area contributed by atoms with Gasteiger partial charge in [0.1, 0.15) is 5.82 Å². The number of ether oxygens (including phenoxy) is 3. The van der Waals surface area contributed by atoms with Crippen LogP contribution in [0.5, 0.6) is 17.2 Å². The number of benzene rings is 4. The Morgan fingerprint density at radius 2 is 1.51 bits per heavy atom. The molecule has 0 saturated carbocycles. The second-order valence-corrected chi connectivity index (χ2v) is 13.6. The van der Waals surface area contributed by atoms with E-state index in [0.717, 1.165) is 79.0 Å². The highest BCUT2D eigenvalue weighted by atomic mass is 19.1. The van der Waals surface area contributed by atoms with E-state index in [4.69, 9.17) is 19.2 Å². The third-order valence-corrected chi connectivity index (χ3v) is 10.6. The summed E-state index contributed by atoms with van der Waals surface area (Å²) in [5, 5.41) is 3.75. The number of anilines is 1. The zero-order valence-electron chi connectivity index (χ0n) is 29.6. The van der Waals surface area contributed by atoms with Crippen LogP contribution >= 0.6 is 0 Å². The molecule has 1 N–H and O–H groups in total. The number of hydrogen-bond donors (Lipinski definition) is 1. The Morgan fingerprint density at radius 3 is 2.20 bits per heavy atom. The van der Waals surface area contributed by atoms with Crippen molar-refractivity contribution in [1.29, 1.82) is 0 Å². The average molecular weight is 692 g/mol. The number of hydrogen-bond acceptors (Lipinski definition) is 7. The Kier molecular flexibility index (Phi) is 10.1. The molecule has 0 radical (unpaired) electrons. The quantitative estimate of drug-likeness (QED) is 0.144. The van der Waals surface area contributed by atoms with Crippen molar-refractivity contribution in [1.82, 2.24) is 19.4 Å². The fourth-order valence-corrected chi connectivity index (χ4v) is 7.79. The fourth-order valence-electron chi connectivity index (χ4n) is 7.79. The van der Waals surface area contributed by atoms with Crippen LogP contribution in [-0.4, -0.2) is 78.8 Å². The van der Waals surface area contributed by atoms with E-state index in [0.29, 0.717) is 36.9 Å². The van der Waals surface area contributed by atoms with Gasteiger partial charge in [-0.3, -0.25) is 4.79 Å². The molecule has 5 aromatic rings. The second kappa shape index (κ2) is 15.0. The molecule has 2 aliphatic heterocycles. The molecule has 4 aromatic carbocycles. The summed E-state index contributed by atoms with van der Waals surface area (Å²) < 4.78 is 32.5. The van der Waals surface area contributed by atoms with E-state index in [2.05, 4.69) is 33.0 Å². The van der Waals surface area contributed by atoms with Gasteiger partial charge in [-0.2, -0.15) is 0 Å². The Balaban J connectivity index is 1.02. The molecular formula is C41H46FN5O4. The summed E-state index contributed by atoms with van der Waals surface area (Å²) in [7, 11) is 4.80. The lowest BCUT2D eigenvalue weighted by atomic mass is 9.76. The summed E-state index contributed by atoms with van der Waals surface area (Å²) in [5.74, 6) is 2.47. The van der Waals surface area contributed by atoms with Gasteiger partial charge in [0, 0.05) is 32.2 Å². The first-order valence-corrected chi connectivity index (χ1v) is 17.7. The van der Waals surface area contributed by atoms with Crippen LogP contribution in [0.2, 0.25) is 0 Å². The van der Waals surface area contributed by atoms with Crippen molar-refractivity contribution in [3.8, 4) is 17.2 Å².